The maximum atomic E-state index is 10.2. The number of hydrogen-bond acceptors (Lipinski definition) is 4. The lowest BCUT2D eigenvalue weighted by Gasteiger charge is -1.97. The summed E-state index contributed by atoms with van der Waals surface area (Å²) < 4.78 is 0. The van der Waals surface area contributed by atoms with E-state index in [-0.39, 0.29) is 0 Å². The monoisotopic (exact) mass is 348 g/mol. The molecule has 0 fully saturated rings. The lowest BCUT2D eigenvalue weighted by atomic mass is 10.2. The first-order valence-electron chi connectivity index (χ1n) is 7.81. The molecule has 0 unspecified atom stereocenters. The van der Waals surface area contributed by atoms with E-state index in [2.05, 4.69) is 0 Å². The predicted molar refractivity (Wildman–Crippen MR) is 94.6 cm³/mol. The van der Waals surface area contributed by atoms with Crippen molar-refractivity contribution in [3.63, 3.8) is 0 Å². The zero-order chi connectivity index (χ0) is 19.1. The highest BCUT2D eigenvalue weighted by molar-refractivity contribution is 5.87. The summed E-state index contributed by atoms with van der Waals surface area (Å²) in [6, 6.07) is 16.6. The quantitative estimate of drug-likeness (QED) is 0.617. The molecule has 0 spiro atoms. The lowest BCUT2D eigenvalue weighted by molar-refractivity contribution is -0.0463. The van der Waals surface area contributed by atoms with Gasteiger partial charge in [-0.25, -0.2) is 9.59 Å². The van der Waals surface area contributed by atoms with Crippen molar-refractivity contribution in [2.24, 2.45) is 0 Å². The molecule has 0 aliphatic rings. The Morgan fingerprint density at radius 1 is 0.800 bits per heavy atom. The van der Waals surface area contributed by atoms with E-state index in [0.717, 1.165) is 12.8 Å². The van der Waals surface area contributed by atoms with Crippen molar-refractivity contribution in [2.75, 3.05) is 0 Å². The van der Waals surface area contributed by atoms with Crippen LogP contribution < -0.4 is 0 Å². The number of aliphatic hydroxyl groups excluding tert-OH is 1. The van der Waals surface area contributed by atoms with Gasteiger partial charge in [0.05, 0.1) is 11.1 Å². The van der Waals surface area contributed by atoms with E-state index in [1.807, 2.05) is 6.92 Å². The zero-order valence-electron chi connectivity index (χ0n) is 14.1. The molecule has 0 saturated carbocycles. The highest BCUT2D eigenvalue weighted by Gasteiger charge is 1.97. The lowest BCUT2D eigenvalue weighted by Crippen LogP contribution is -2.02. The number of carboxylic acid groups (broad SMARTS) is 2. The van der Waals surface area contributed by atoms with Crippen molar-refractivity contribution in [3.8, 4) is 0 Å². The molecule has 4 N–H and O–H groups in total. The summed E-state index contributed by atoms with van der Waals surface area (Å²) >= 11 is 0. The average Bonchev–Trinajstić information content (AvgIpc) is 2.62. The van der Waals surface area contributed by atoms with Crippen LogP contribution in [0.4, 0.5) is 0 Å². The minimum Gasteiger partial charge on any atom is -0.478 e. The van der Waals surface area contributed by atoms with Crippen LogP contribution in [-0.2, 0) is 0 Å². The van der Waals surface area contributed by atoms with E-state index in [4.69, 9.17) is 20.4 Å². The van der Waals surface area contributed by atoms with Gasteiger partial charge in [0.15, 0.2) is 6.29 Å². The molecule has 0 aliphatic carbocycles. The molecule has 0 aromatic heterocycles. The predicted octanol–water partition coefficient (Wildman–Crippen LogP) is 3.26. The highest BCUT2D eigenvalue weighted by atomic mass is 16.5. The van der Waals surface area contributed by atoms with Gasteiger partial charge < -0.3 is 20.4 Å². The van der Waals surface area contributed by atoms with E-state index in [1.54, 1.807) is 60.7 Å². The Kier molecular flexibility index (Phi) is 12.2. The van der Waals surface area contributed by atoms with Gasteiger partial charge in [-0.15, -0.1) is 0 Å². The molecule has 2 aromatic rings. The van der Waals surface area contributed by atoms with Gasteiger partial charge in [0.2, 0.25) is 0 Å². The summed E-state index contributed by atoms with van der Waals surface area (Å²) in [7, 11) is 0. The van der Waals surface area contributed by atoms with Gasteiger partial charge in [0.25, 0.3) is 0 Å². The normalized spacial score (nSPS) is 9.28. The molecule has 2 aromatic carbocycles. The van der Waals surface area contributed by atoms with Crippen LogP contribution in [0.25, 0.3) is 0 Å². The van der Waals surface area contributed by atoms with Crippen molar-refractivity contribution in [2.45, 2.75) is 32.5 Å². The number of benzene rings is 2. The number of rotatable bonds is 5. The second kappa shape index (κ2) is 13.7. The molecule has 0 aliphatic heterocycles. The van der Waals surface area contributed by atoms with Crippen molar-refractivity contribution in [1.29, 1.82) is 0 Å². The maximum absolute atomic E-state index is 10.2. The molecule has 6 nitrogen and oxygen atoms in total. The summed E-state index contributed by atoms with van der Waals surface area (Å²) in [6.45, 7) is 2.02. The van der Waals surface area contributed by atoms with Crippen molar-refractivity contribution < 1.29 is 30.0 Å². The van der Waals surface area contributed by atoms with Crippen LogP contribution in [0, 0.1) is 0 Å². The van der Waals surface area contributed by atoms with Crippen LogP contribution in [0.3, 0.4) is 0 Å². The highest BCUT2D eigenvalue weighted by Crippen LogP contribution is 1.97. The minimum atomic E-state index is -1.10. The maximum Gasteiger partial charge on any atom is 0.335 e. The average molecular weight is 348 g/mol. The standard InChI is InChI=1S/2C7H6O2.C5H12O2/c2*8-7(9)6-4-2-1-3-5-6;1-2-3-4-5(6)7/h2*1-5H,(H,8,9);5-7H,2-4H2,1H3. The molecular weight excluding hydrogens is 324 g/mol. The molecule has 136 valence electrons. The molecule has 0 radical (unpaired) electrons. The molecule has 0 saturated heterocycles. The van der Waals surface area contributed by atoms with Crippen molar-refractivity contribution in [1.82, 2.24) is 0 Å². The van der Waals surface area contributed by atoms with Crippen LogP contribution >= 0.6 is 0 Å². The summed E-state index contributed by atoms with van der Waals surface area (Å²) in [5.74, 6) is -1.76. The molecular formula is C19H24O6. The first kappa shape index (κ1) is 22.3. The zero-order valence-corrected chi connectivity index (χ0v) is 14.1. The molecule has 6 heteroatoms. The summed E-state index contributed by atoms with van der Waals surface area (Å²) in [6.07, 6.45) is 1.34. The van der Waals surface area contributed by atoms with Crippen LogP contribution in [0.5, 0.6) is 0 Å². The topological polar surface area (TPSA) is 115 Å². The fourth-order valence-electron chi connectivity index (χ4n) is 1.55. The molecule has 0 heterocycles. The van der Waals surface area contributed by atoms with E-state index >= 15 is 0 Å². The van der Waals surface area contributed by atoms with Gasteiger partial charge in [0, 0.05) is 0 Å². The third-order valence-electron chi connectivity index (χ3n) is 2.86. The first-order valence-corrected chi connectivity index (χ1v) is 7.81. The summed E-state index contributed by atoms with van der Waals surface area (Å²) in [5.41, 5.74) is 0.662. The van der Waals surface area contributed by atoms with Gasteiger partial charge >= 0.3 is 11.9 Å². The van der Waals surface area contributed by atoms with Crippen molar-refractivity contribution >= 4 is 11.9 Å². The Labute approximate surface area is 147 Å². The molecule has 0 bridgehead atoms. The fourth-order valence-corrected chi connectivity index (χ4v) is 1.55. The van der Waals surface area contributed by atoms with Gasteiger partial charge in [-0.2, -0.15) is 0 Å². The minimum absolute atomic E-state index is 0.331. The molecule has 25 heavy (non-hydrogen) atoms. The summed E-state index contributed by atoms with van der Waals surface area (Å²) in [4.78, 5) is 20.4. The molecule has 0 atom stereocenters. The van der Waals surface area contributed by atoms with Crippen LogP contribution in [0.1, 0.15) is 46.9 Å². The molecule has 2 rings (SSSR count). The van der Waals surface area contributed by atoms with E-state index in [0.29, 0.717) is 17.5 Å². The molecule has 0 amide bonds. The van der Waals surface area contributed by atoms with E-state index < -0.39 is 18.2 Å². The Bertz CT molecular complexity index is 546. The Hall–Kier alpha value is -2.70. The number of unbranched alkanes of at least 4 members (excludes halogenated alkanes) is 1. The third-order valence-corrected chi connectivity index (χ3v) is 2.86. The number of carboxylic acids is 2. The van der Waals surface area contributed by atoms with Gasteiger partial charge in [0.1, 0.15) is 0 Å². The SMILES string of the molecule is CCCCC(O)O.O=C(O)c1ccccc1.O=C(O)c1ccccc1. The van der Waals surface area contributed by atoms with Gasteiger partial charge in [-0.3, -0.25) is 0 Å². The van der Waals surface area contributed by atoms with Crippen LogP contribution in [0.2, 0.25) is 0 Å². The Morgan fingerprint density at radius 2 is 1.16 bits per heavy atom. The largest absolute Gasteiger partial charge is 0.478 e. The second-order valence-electron chi connectivity index (χ2n) is 4.97. The Morgan fingerprint density at radius 3 is 1.32 bits per heavy atom. The number of carbonyl (C=O) groups is 2. The van der Waals surface area contributed by atoms with Crippen LogP contribution in [-0.4, -0.2) is 38.7 Å². The number of hydrogen-bond donors (Lipinski definition) is 4. The summed E-state index contributed by atoms with van der Waals surface area (Å²) in [5, 5.41) is 33.2. The Balaban J connectivity index is 0.000000350. The van der Waals surface area contributed by atoms with Crippen LogP contribution in [0.15, 0.2) is 60.7 Å². The van der Waals surface area contributed by atoms with E-state index in [1.165, 1.54) is 0 Å². The third kappa shape index (κ3) is 12.4. The van der Waals surface area contributed by atoms with Gasteiger partial charge in [-0.1, -0.05) is 49.7 Å². The first-order chi connectivity index (χ1) is 11.9. The second-order valence-corrected chi connectivity index (χ2v) is 4.97. The fraction of sp³-hybridized carbons (Fsp3) is 0.263. The number of aromatic carboxylic acids is 2. The van der Waals surface area contributed by atoms with Gasteiger partial charge in [-0.05, 0) is 37.1 Å². The van der Waals surface area contributed by atoms with Crippen molar-refractivity contribution in [3.05, 3.63) is 71.8 Å². The van der Waals surface area contributed by atoms with E-state index in [9.17, 15) is 9.59 Å². The number of aliphatic hydroxyl groups is 2. The smallest absolute Gasteiger partial charge is 0.335 e.